The van der Waals surface area contributed by atoms with Gasteiger partial charge in [-0.2, -0.15) is 0 Å². The Morgan fingerprint density at radius 1 is 0.906 bits per heavy atom. The van der Waals surface area contributed by atoms with Crippen LogP contribution >= 0.6 is 0 Å². The first-order valence-electron chi connectivity index (χ1n) is 10.5. The average Bonchev–Trinajstić information content (AvgIpc) is 2.81. The van der Waals surface area contributed by atoms with Gasteiger partial charge in [0.15, 0.2) is 0 Å². The number of nitrogens with one attached hydrogen (secondary N) is 1. The molecule has 1 aromatic heterocycles. The van der Waals surface area contributed by atoms with E-state index in [0.717, 1.165) is 11.4 Å². The molecule has 1 N–H and O–H groups in total. The van der Waals surface area contributed by atoms with E-state index in [1.165, 1.54) is 6.07 Å². The zero-order valence-electron chi connectivity index (χ0n) is 18.2. The number of aromatic nitrogens is 1. The number of benzene rings is 2. The molecule has 2 aromatic carbocycles. The van der Waals surface area contributed by atoms with Crippen LogP contribution in [0.5, 0.6) is 0 Å². The lowest BCUT2D eigenvalue weighted by Crippen LogP contribution is -2.49. The van der Waals surface area contributed by atoms with Gasteiger partial charge in [-0.15, -0.1) is 0 Å². The molecular formula is C24H26N4O3S. The highest BCUT2D eigenvalue weighted by molar-refractivity contribution is 7.92. The van der Waals surface area contributed by atoms with Crippen molar-refractivity contribution in [2.24, 2.45) is 0 Å². The third kappa shape index (κ3) is 4.60. The number of aryl methyl sites for hydroxylation is 2. The number of amides is 1. The molecule has 1 amide bonds. The Kier molecular flexibility index (Phi) is 6.14. The summed E-state index contributed by atoms with van der Waals surface area (Å²) in [6, 6.07) is 17.8. The van der Waals surface area contributed by atoms with Crippen molar-refractivity contribution in [1.29, 1.82) is 0 Å². The van der Waals surface area contributed by atoms with Crippen molar-refractivity contribution in [2.75, 3.05) is 35.8 Å². The minimum atomic E-state index is -3.84. The SMILES string of the molecule is Cc1ccccc1NS(=O)(=O)c1cc(C(=O)N2CCN(c3ccccn3)CC2)ccc1C. The highest BCUT2D eigenvalue weighted by Gasteiger charge is 2.25. The summed E-state index contributed by atoms with van der Waals surface area (Å²) in [5, 5.41) is 0. The lowest BCUT2D eigenvalue weighted by molar-refractivity contribution is 0.0746. The van der Waals surface area contributed by atoms with E-state index in [4.69, 9.17) is 0 Å². The smallest absolute Gasteiger partial charge is 0.262 e. The third-order valence-corrected chi connectivity index (χ3v) is 7.16. The van der Waals surface area contributed by atoms with E-state index in [-0.39, 0.29) is 10.8 Å². The summed E-state index contributed by atoms with van der Waals surface area (Å²) >= 11 is 0. The quantitative estimate of drug-likeness (QED) is 0.644. The van der Waals surface area contributed by atoms with E-state index in [9.17, 15) is 13.2 Å². The van der Waals surface area contributed by atoms with Crippen LogP contribution in [0, 0.1) is 13.8 Å². The summed E-state index contributed by atoms with van der Waals surface area (Å²) in [6.07, 6.45) is 1.76. The maximum Gasteiger partial charge on any atom is 0.262 e. The molecule has 0 spiro atoms. The van der Waals surface area contributed by atoms with Gasteiger partial charge in [0.05, 0.1) is 10.6 Å². The van der Waals surface area contributed by atoms with Gasteiger partial charge in [-0.3, -0.25) is 9.52 Å². The molecule has 3 aromatic rings. The van der Waals surface area contributed by atoms with Crippen molar-refractivity contribution in [2.45, 2.75) is 18.7 Å². The molecule has 0 bridgehead atoms. The minimum Gasteiger partial charge on any atom is -0.353 e. The molecule has 0 aliphatic carbocycles. The fourth-order valence-corrected chi connectivity index (χ4v) is 5.17. The number of piperazine rings is 1. The Balaban J connectivity index is 1.51. The largest absolute Gasteiger partial charge is 0.353 e. The van der Waals surface area contributed by atoms with E-state index in [2.05, 4.69) is 14.6 Å². The van der Waals surface area contributed by atoms with Gasteiger partial charge in [-0.1, -0.05) is 30.3 Å². The highest BCUT2D eigenvalue weighted by Crippen LogP contribution is 2.24. The van der Waals surface area contributed by atoms with Crippen molar-refractivity contribution in [3.63, 3.8) is 0 Å². The number of hydrogen-bond acceptors (Lipinski definition) is 5. The lowest BCUT2D eigenvalue weighted by Gasteiger charge is -2.35. The minimum absolute atomic E-state index is 0.110. The number of sulfonamides is 1. The van der Waals surface area contributed by atoms with Crippen LogP contribution in [-0.4, -0.2) is 50.4 Å². The summed E-state index contributed by atoms with van der Waals surface area (Å²) < 4.78 is 28.8. The maximum atomic E-state index is 13.1. The van der Waals surface area contributed by atoms with Crippen molar-refractivity contribution >= 4 is 27.4 Å². The van der Waals surface area contributed by atoms with E-state index >= 15 is 0 Å². The van der Waals surface area contributed by atoms with Crippen LogP contribution in [-0.2, 0) is 10.0 Å². The van der Waals surface area contributed by atoms with Crippen molar-refractivity contribution in [1.82, 2.24) is 9.88 Å². The van der Waals surface area contributed by atoms with Gasteiger partial charge in [0, 0.05) is 37.9 Å². The molecule has 1 saturated heterocycles. The first-order chi connectivity index (χ1) is 15.3. The fourth-order valence-electron chi connectivity index (χ4n) is 3.77. The summed E-state index contributed by atoms with van der Waals surface area (Å²) in [6.45, 7) is 6.02. The molecule has 166 valence electrons. The van der Waals surface area contributed by atoms with Gasteiger partial charge in [-0.25, -0.2) is 13.4 Å². The summed E-state index contributed by atoms with van der Waals surface area (Å²) in [7, 11) is -3.84. The number of anilines is 2. The third-order valence-electron chi connectivity index (χ3n) is 5.65. The van der Waals surface area contributed by atoms with E-state index in [1.54, 1.807) is 42.3 Å². The van der Waals surface area contributed by atoms with Gasteiger partial charge in [0.25, 0.3) is 15.9 Å². The highest BCUT2D eigenvalue weighted by atomic mass is 32.2. The monoisotopic (exact) mass is 450 g/mol. The Morgan fingerprint density at radius 2 is 1.62 bits per heavy atom. The number of nitrogens with zero attached hydrogens (tertiary/aromatic N) is 3. The number of rotatable bonds is 5. The second-order valence-electron chi connectivity index (χ2n) is 7.87. The zero-order valence-corrected chi connectivity index (χ0v) is 19.0. The van der Waals surface area contributed by atoms with Crippen LogP contribution in [0.3, 0.4) is 0 Å². The van der Waals surface area contributed by atoms with Gasteiger partial charge >= 0.3 is 0 Å². The first kappa shape index (κ1) is 21.8. The Hall–Kier alpha value is -3.39. The van der Waals surface area contributed by atoms with Crippen LogP contribution in [0.4, 0.5) is 11.5 Å². The van der Waals surface area contributed by atoms with Crippen LogP contribution in [0.2, 0.25) is 0 Å². The lowest BCUT2D eigenvalue weighted by atomic mass is 10.1. The van der Waals surface area contributed by atoms with Crippen LogP contribution in [0.15, 0.2) is 71.8 Å². The Morgan fingerprint density at radius 3 is 2.31 bits per heavy atom. The summed E-state index contributed by atoms with van der Waals surface area (Å²) in [5.41, 5.74) is 2.30. The topological polar surface area (TPSA) is 82.6 Å². The molecule has 4 rings (SSSR count). The molecule has 1 aliphatic heterocycles. The van der Waals surface area contributed by atoms with Crippen molar-refractivity contribution < 1.29 is 13.2 Å². The molecule has 8 heteroatoms. The maximum absolute atomic E-state index is 13.1. The standard InChI is InChI=1S/C24H26N4O3S/c1-18-7-3-4-8-21(18)26-32(30,31)22-17-20(11-10-19(22)2)24(29)28-15-13-27(14-16-28)23-9-5-6-12-25-23/h3-12,17,26H,13-16H2,1-2H3. The van der Waals surface area contributed by atoms with Gasteiger partial charge in [0.2, 0.25) is 0 Å². The number of pyridine rings is 1. The normalized spacial score (nSPS) is 14.3. The van der Waals surface area contributed by atoms with Crippen molar-refractivity contribution in [3.05, 3.63) is 83.6 Å². The molecule has 7 nitrogen and oxygen atoms in total. The zero-order chi connectivity index (χ0) is 22.7. The van der Waals surface area contributed by atoms with Crippen LogP contribution in [0.1, 0.15) is 21.5 Å². The Labute approximate surface area is 188 Å². The van der Waals surface area contributed by atoms with Gasteiger partial charge in [0.1, 0.15) is 5.82 Å². The molecule has 1 aliphatic rings. The number of para-hydroxylation sites is 1. The fraction of sp³-hybridized carbons (Fsp3) is 0.250. The van der Waals surface area contributed by atoms with E-state index in [0.29, 0.717) is 43.0 Å². The predicted octanol–water partition coefficient (Wildman–Crippen LogP) is 3.46. The predicted molar refractivity (Wildman–Crippen MR) is 126 cm³/mol. The van der Waals surface area contributed by atoms with Gasteiger partial charge < -0.3 is 9.80 Å². The molecular weight excluding hydrogens is 424 g/mol. The molecule has 0 radical (unpaired) electrons. The summed E-state index contributed by atoms with van der Waals surface area (Å²) in [5.74, 6) is 0.726. The molecule has 0 atom stereocenters. The number of carbonyl (C=O) groups excluding carboxylic acids is 1. The number of hydrogen-bond donors (Lipinski definition) is 1. The molecule has 0 saturated carbocycles. The molecule has 0 unspecified atom stereocenters. The Bertz CT molecular complexity index is 1220. The second-order valence-corrected chi connectivity index (χ2v) is 9.52. The van der Waals surface area contributed by atoms with Crippen LogP contribution < -0.4 is 9.62 Å². The van der Waals surface area contributed by atoms with Crippen molar-refractivity contribution in [3.8, 4) is 0 Å². The summed E-state index contributed by atoms with van der Waals surface area (Å²) in [4.78, 5) is 21.5. The first-order valence-corrected chi connectivity index (χ1v) is 12.0. The molecule has 32 heavy (non-hydrogen) atoms. The molecule has 1 fully saturated rings. The average molecular weight is 451 g/mol. The number of carbonyl (C=O) groups is 1. The van der Waals surface area contributed by atoms with E-state index in [1.807, 2.05) is 37.3 Å². The van der Waals surface area contributed by atoms with E-state index < -0.39 is 10.0 Å². The molecule has 2 heterocycles. The second kappa shape index (κ2) is 9.00. The van der Waals surface area contributed by atoms with Gasteiger partial charge in [-0.05, 0) is 55.3 Å². The van der Waals surface area contributed by atoms with Crippen LogP contribution in [0.25, 0.3) is 0 Å².